The summed E-state index contributed by atoms with van der Waals surface area (Å²) in [6, 6.07) is 12.4. The molecule has 1 amide bonds. The molecule has 0 bridgehead atoms. The van der Waals surface area contributed by atoms with Crippen LogP contribution in [0.2, 0.25) is 0 Å². The number of aromatic nitrogens is 4. The van der Waals surface area contributed by atoms with Crippen molar-refractivity contribution in [3.8, 4) is 11.4 Å². The van der Waals surface area contributed by atoms with Crippen molar-refractivity contribution in [2.75, 3.05) is 5.32 Å². The fourth-order valence-corrected chi connectivity index (χ4v) is 4.35. The topological polar surface area (TPSA) is 85.8 Å². The predicted molar refractivity (Wildman–Crippen MR) is 112 cm³/mol. The van der Waals surface area contributed by atoms with Crippen LogP contribution in [0.15, 0.2) is 47.1 Å². The van der Waals surface area contributed by atoms with E-state index in [1.54, 1.807) is 6.26 Å². The van der Waals surface area contributed by atoms with Gasteiger partial charge in [-0.3, -0.25) is 4.79 Å². The Kier molecular flexibility index (Phi) is 3.94. The van der Waals surface area contributed by atoms with Crippen molar-refractivity contribution in [3.05, 3.63) is 59.4 Å². The van der Waals surface area contributed by atoms with E-state index in [2.05, 4.69) is 33.0 Å². The quantitative estimate of drug-likeness (QED) is 0.546. The van der Waals surface area contributed by atoms with E-state index in [9.17, 15) is 4.79 Å². The summed E-state index contributed by atoms with van der Waals surface area (Å²) in [4.78, 5) is 12.7. The Morgan fingerprint density at radius 1 is 1.17 bits per heavy atom. The molecule has 1 saturated carbocycles. The summed E-state index contributed by atoms with van der Waals surface area (Å²) in [6.45, 7) is 0. The minimum absolute atomic E-state index is 0.0721. The molecular weight excluding hydrogens is 378 g/mol. The minimum atomic E-state index is -0.0721. The van der Waals surface area contributed by atoms with E-state index in [0.29, 0.717) is 6.04 Å². The maximum atomic E-state index is 12.7. The Labute approximate surface area is 173 Å². The third-order valence-electron chi connectivity index (χ3n) is 6.01. The number of hydrogen-bond acceptors (Lipinski definition) is 5. The number of carbonyl (C=O) groups excluding carboxylic acids is 1. The average molecular weight is 399 g/mol. The highest BCUT2D eigenvalue weighted by atomic mass is 16.3. The van der Waals surface area contributed by atoms with Crippen molar-refractivity contribution >= 4 is 22.6 Å². The Hall–Kier alpha value is -3.48. The summed E-state index contributed by atoms with van der Waals surface area (Å²) in [5.41, 5.74) is 6.17. The number of rotatable bonds is 5. The zero-order valence-electron chi connectivity index (χ0n) is 16.5. The number of nitrogens with one attached hydrogen (secondary N) is 1. The Morgan fingerprint density at radius 3 is 2.90 bits per heavy atom. The zero-order chi connectivity index (χ0) is 20.1. The molecule has 2 heterocycles. The lowest BCUT2D eigenvalue weighted by molar-refractivity contribution is -0.115. The molecule has 6 rings (SSSR count). The van der Waals surface area contributed by atoms with Crippen LogP contribution in [0.4, 0.5) is 5.69 Å². The summed E-state index contributed by atoms with van der Waals surface area (Å²) < 4.78 is 7.60. The van der Waals surface area contributed by atoms with Gasteiger partial charge in [0.25, 0.3) is 0 Å². The van der Waals surface area contributed by atoms with Gasteiger partial charge >= 0.3 is 0 Å². The SMILES string of the molecule is O=C(Cc1coc2cc3c(cc12)CCC3)Nc1cccc(-c2nnnn2C2CC2)c1. The maximum absolute atomic E-state index is 12.7. The molecule has 2 aromatic heterocycles. The van der Waals surface area contributed by atoms with Gasteiger partial charge in [0.2, 0.25) is 5.91 Å². The summed E-state index contributed by atoms with van der Waals surface area (Å²) in [7, 11) is 0. The molecule has 0 aliphatic heterocycles. The fourth-order valence-electron chi connectivity index (χ4n) is 4.35. The molecule has 0 radical (unpaired) electrons. The molecule has 4 aromatic rings. The molecule has 0 saturated heterocycles. The Bertz CT molecular complexity index is 1270. The van der Waals surface area contributed by atoms with E-state index in [0.717, 1.165) is 59.3 Å². The first-order valence-corrected chi connectivity index (χ1v) is 10.4. The van der Waals surface area contributed by atoms with Crippen molar-refractivity contribution in [3.63, 3.8) is 0 Å². The average Bonchev–Trinajstić information content (AvgIpc) is 3.14. The van der Waals surface area contributed by atoms with Gasteiger partial charge in [-0.2, -0.15) is 0 Å². The number of furan rings is 1. The van der Waals surface area contributed by atoms with E-state index >= 15 is 0 Å². The first-order valence-electron chi connectivity index (χ1n) is 10.4. The van der Waals surface area contributed by atoms with Gasteiger partial charge in [-0.1, -0.05) is 12.1 Å². The molecule has 2 aromatic carbocycles. The molecule has 30 heavy (non-hydrogen) atoms. The van der Waals surface area contributed by atoms with Gasteiger partial charge in [0.15, 0.2) is 5.82 Å². The van der Waals surface area contributed by atoms with E-state index in [1.165, 1.54) is 17.5 Å². The maximum Gasteiger partial charge on any atom is 0.228 e. The number of amides is 1. The Balaban J connectivity index is 1.22. The highest BCUT2D eigenvalue weighted by Crippen LogP contribution is 2.37. The van der Waals surface area contributed by atoms with Crippen LogP contribution in [0.1, 0.15) is 42.0 Å². The van der Waals surface area contributed by atoms with Crippen molar-refractivity contribution in [2.24, 2.45) is 0 Å². The largest absolute Gasteiger partial charge is 0.464 e. The predicted octanol–water partition coefficient (Wildman–Crippen LogP) is 4.09. The van der Waals surface area contributed by atoms with Crippen molar-refractivity contribution in [2.45, 2.75) is 44.6 Å². The second-order valence-electron chi connectivity index (χ2n) is 8.22. The molecule has 1 fully saturated rings. The third kappa shape index (κ3) is 3.07. The molecule has 7 nitrogen and oxygen atoms in total. The molecule has 0 atom stereocenters. The molecular formula is C23H21N5O2. The zero-order valence-corrected chi connectivity index (χ0v) is 16.5. The van der Waals surface area contributed by atoms with E-state index in [1.807, 2.05) is 28.9 Å². The minimum Gasteiger partial charge on any atom is -0.464 e. The number of fused-ring (bicyclic) bond motifs is 2. The molecule has 7 heteroatoms. The van der Waals surface area contributed by atoms with Crippen LogP contribution in [-0.2, 0) is 24.1 Å². The number of benzene rings is 2. The van der Waals surface area contributed by atoms with Crippen LogP contribution in [0.5, 0.6) is 0 Å². The first-order chi connectivity index (χ1) is 14.7. The number of anilines is 1. The van der Waals surface area contributed by atoms with Gasteiger partial charge in [0.05, 0.1) is 18.7 Å². The first kappa shape index (κ1) is 17.4. The second kappa shape index (κ2) is 6.79. The second-order valence-corrected chi connectivity index (χ2v) is 8.22. The summed E-state index contributed by atoms with van der Waals surface area (Å²) in [5, 5.41) is 16.1. The van der Waals surface area contributed by atoms with Crippen LogP contribution < -0.4 is 5.32 Å². The lowest BCUT2D eigenvalue weighted by atomic mass is 10.0. The molecule has 2 aliphatic carbocycles. The third-order valence-corrected chi connectivity index (χ3v) is 6.01. The number of hydrogen-bond donors (Lipinski definition) is 1. The number of carbonyl (C=O) groups is 1. The Morgan fingerprint density at radius 2 is 2.03 bits per heavy atom. The lowest BCUT2D eigenvalue weighted by Crippen LogP contribution is -2.14. The smallest absolute Gasteiger partial charge is 0.228 e. The van der Waals surface area contributed by atoms with Crippen molar-refractivity contribution < 1.29 is 9.21 Å². The molecule has 0 unspecified atom stereocenters. The molecule has 1 N–H and O–H groups in total. The van der Waals surface area contributed by atoms with Crippen molar-refractivity contribution in [1.29, 1.82) is 0 Å². The van der Waals surface area contributed by atoms with Gasteiger partial charge in [-0.15, -0.1) is 5.10 Å². The van der Waals surface area contributed by atoms with Crippen LogP contribution in [0.3, 0.4) is 0 Å². The number of aryl methyl sites for hydroxylation is 2. The molecule has 0 spiro atoms. The van der Waals surface area contributed by atoms with Gasteiger partial charge in [0, 0.05) is 22.2 Å². The normalized spacial score (nSPS) is 15.5. The highest BCUT2D eigenvalue weighted by molar-refractivity contribution is 5.96. The van der Waals surface area contributed by atoms with E-state index in [4.69, 9.17) is 4.42 Å². The summed E-state index contributed by atoms with van der Waals surface area (Å²) >= 11 is 0. The fraction of sp³-hybridized carbons (Fsp3) is 0.304. The lowest BCUT2D eigenvalue weighted by Gasteiger charge is -2.08. The van der Waals surface area contributed by atoms with E-state index in [-0.39, 0.29) is 12.3 Å². The standard InChI is InChI=1S/C23H21N5O2/c29-22(12-17-13-30-21-11-15-4-1-3-14(15)10-20(17)21)24-18-6-2-5-16(9-18)23-25-26-27-28(23)19-7-8-19/h2,5-6,9-11,13,19H,1,3-4,7-8,12H2,(H,24,29). The summed E-state index contributed by atoms with van der Waals surface area (Å²) in [5.74, 6) is 0.667. The molecule has 2 aliphatic rings. The van der Waals surface area contributed by atoms with Crippen LogP contribution in [0, 0.1) is 0 Å². The highest BCUT2D eigenvalue weighted by Gasteiger charge is 2.28. The van der Waals surface area contributed by atoms with Crippen LogP contribution in [0.25, 0.3) is 22.4 Å². The van der Waals surface area contributed by atoms with Gasteiger partial charge in [0.1, 0.15) is 5.58 Å². The van der Waals surface area contributed by atoms with Crippen LogP contribution >= 0.6 is 0 Å². The number of tetrazole rings is 1. The number of nitrogens with zero attached hydrogens (tertiary/aromatic N) is 4. The van der Waals surface area contributed by atoms with Gasteiger partial charge < -0.3 is 9.73 Å². The van der Waals surface area contributed by atoms with E-state index < -0.39 is 0 Å². The van der Waals surface area contributed by atoms with Crippen molar-refractivity contribution in [1.82, 2.24) is 20.2 Å². The van der Waals surface area contributed by atoms with Gasteiger partial charge in [-0.25, -0.2) is 4.68 Å². The monoisotopic (exact) mass is 399 g/mol. The molecule has 150 valence electrons. The van der Waals surface area contributed by atoms with Gasteiger partial charge in [-0.05, 0) is 77.9 Å². The summed E-state index contributed by atoms with van der Waals surface area (Å²) in [6.07, 6.45) is 7.61. The van der Waals surface area contributed by atoms with Crippen LogP contribution in [-0.4, -0.2) is 26.1 Å².